The Morgan fingerprint density at radius 1 is 1.29 bits per heavy atom. The van der Waals surface area contributed by atoms with Crippen molar-refractivity contribution in [1.29, 1.82) is 0 Å². The molecule has 0 spiro atoms. The third-order valence-corrected chi connectivity index (χ3v) is 4.46. The molecule has 2 rings (SSSR count). The molecule has 0 saturated carbocycles. The predicted molar refractivity (Wildman–Crippen MR) is 108 cm³/mol. The molecule has 2 aliphatic heterocycles. The first kappa shape index (κ1) is 21.5. The molecule has 2 atom stereocenters. The number of hydrogen-bond donors (Lipinski definition) is 2. The summed E-state index contributed by atoms with van der Waals surface area (Å²) in [6.45, 7) is 9.07. The lowest BCUT2D eigenvalue weighted by Crippen LogP contribution is -2.42. The maximum Gasteiger partial charge on any atom is 0.224 e. The molecule has 1 amide bonds. The fraction of sp³-hybridized carbons (Fsp3) is 0.882. The van der Waals surface area contributed by atoms with E-state index in [9.17, 15) is 4.79 Å². The monoisotopic (exact) mass is 452 g/mol. The van der Waals surface area contributed by atoms with E-state index >= 15 is 0 Å². The predicted octanol–water partition coefficient (Wildman–Crippen LogP) is 1.99. The number of amides is 1. The molecule has 24 heavy (non-hydrogen) atoms. The highest BCUT2D eigenvalue weighted by molar-refractivity contribution is 14.0. The number of aliphatic imine (C=N–C) groups is 1. The van der Waals surface area contributed by atoms with Crippen LogP contribution >= 0.6 is 24.0 Å². The lowest BCUT2D eigenvalue weighted by Gasteiger charge is -2.31. The number of guanidine groups is 1. The Hall–Kier alpha value is -0.570. The zero-order chi connectivity index (χ0) is 16.5. The van der Waals surface area contributed by atoms with Crippen LogP contribution in [0.25, 0.3) is 0 Å². The number of carbonyl (C=O) groups is 1. The lowest BCUT2D eigenvalue weighted by molar-refractivity contribution is -0.132. The van der Waals surface area contributed by atoms with Crippen molar-refractivity contribution in [1.82, 2.24) is 15.5 Å². The van der Waals surface area contributed by atoms with Gasteiger partial charge in [0.2, 0.25) is 5.91 Å². The topological polar surface area (TPSA) is 66.0 Å². The second-order valence-electron chi connectivity index (χ2n) is 6.62. The summed E-state index contributed by atoms with van der Waals surface area (Å²) in [5, 5.41) is 6.49. The van der Waals surface area contributed by atoms with Crippen molar-refractivity contribution in [3.63, 3.8) is 0 Å². The number of carbonyl (C=O) groups excluding carboxylic acids is 1. The van der Waals surface area contributed by atoms with Gasteiger partial charge in [0.05, 0.1) is 12.6 Å². The summed E-state index contributed by atoms with van der Waals surface area (Å²) in [4.78, 5) is 18.8. The second-order valence-corrected chi connectivity index (χ2v) is 6.62. The molecule has 0 aromatic carbocycles. The Bertz CT molecular complexity index is 400. The van der Waals surface area contributed by atoms with E-state index in [0.29, 0.717) is 25.4 Å². The molecule has 140 valence electrons. The first-order valence-electron chi connectivity index (χ1n) is 9.10. The lowest BCUT2D eigenvalue weighted by atomic mass is 10.00. The first-order valence-corrected chi connectivity index (χ1v) is 9.10. The third kappa shape index (κ3) is 7.55. The SMILES string of the molecule is CCNC(=NCC1CCCO1)NCCC(=O)N1CCCC(C)C1.I. The second kappa shape index (κ2) is 11.9. The zero-order valence-corrected chi connectivity index (χ0v) is 17.4. The maximum absolute atomic E-state index is 12.3. The summed E-state index contributed by atoms with van der Waals surface area (Å²) in [7, 11) is 0. The van der Waals surface area contributed by atoms with Gasteiger partial charge in [0.15, 0.2) is 5.96 Å². The van der Waals surface area contributed by atoms with Gasteiger partial charge in [-0.05, 0) is 38.5 Å². The summed E-state index contributed by atoms with van der Waals surface area (Å²) in [5.41, 5.74) is 0. The Balaban J connectivity index is 0.00000288. The summed E-state index contributed by atoms with van der Waals surface area (Å²) in [5.74, 6) is 1.66. The Morgan fingerprint density at radius 2 is 2.12 bits per heavy atom. The Labute approximate surface area is 163 Å². The van der Waals surface area contributed by atoms with Gasteiger partial charge in [0.25, 0.3) is 0 Å². The summed E-state index contributed by atoms with van der Waals surface area (Å²) < 4.78 is 5.59. The van der Waals surface area contributed by atoms with Crippen LogP contribution in [-0.2, 0) is 9.53 Å². The molecule has 2 unspecified atom stereocenters. The van der Waals surface area contributed by atoms with Crippen molar-refractivity contribution in [2.24, 2.45) is 10.9 Å². The fourth-order valence-electron chi connectivity index (χ4n) is 3.19. The normalized spacial score (nSPS) is 24.4. The molecule has 2 N–H and O–H groups in total. The number of nitrogens with one attached hydrogen (secondary N) is 2. The van der Waals surface area contributed by atoms with Gasteiger partial charge in [-0.25, -0.2) is 0 Å². The number of rotatable bonds is 6. The van der Waals surface area contributed by atoms with Gasteiger partial charge in [-0.15, -0.1) is 24.0 Å². The van der Waals surface area contributed by atoms with E-state index in [1.807, 2.05) is 11.8 Å². The van der Waals surface area contributed by atoms with Gasteiger partial charge >= 0.3 is 0 Å². The van der Waals surface area contributed by atoms with Crippen LogP contribution in [0.15, 0.2) is 4.99 Å². The largest absolute Gasteiger partial charge is 0.376 e. The zero-order valence-electron chi connectivity index (χ0n) is 15.1. The molecule has 0 aliphatic carbocycles. The molecule has 2 fully saturated rings. The number of nitrogens with zero attached hydrogens (tertiary/aromatic N) is 2. The highest BCUT2D eigenvalue weighted by atomic mass is 127. The van der Waals surface area contributed by atoms with Gasteiger partial charge in [-0.1, -0.05) is 6.92 Å². The third-order valence-electron chi connectivity index (χ3n) is 4.46. The van der Waals surface area contributed by atoms with Gasteiger partial charge in [0, 0.05) is 39.2 Å². The summed E-state index contributed by atoms with van der Waals surface area (Å²) in [6, 6.07) is 0. The van der Waals surface area contributed by atoms with E-state index in [1.165, 1.54) is 6.42 Å². The minimum atomic E-state index is 0. The number of ether oxygens (including phenoxy) is 1. The van der Waals surface area contributed by atoms with Crippen molar-refractivity contribution in [2.45, 2.75) is 52.1 Å². The van der Waals surface area contributed by atoms with Crippen LogP contribution in [0.1, 0.15) is 46.0 Å². The van der Waals surface area contributed by atoms with E-state index in [1.54, 1.807) is 0 Å². The smallest absolute Gasteiger partial charge is 0.224 e. The number of piperidine rings is 1. The molecule has 2 saturated heterocycles. The maximum atomic E-state index is 12.3. The van der Waals surface area contributed by atoms with Gasteiger partial charge in [0.1, 0.15) is 0 Å². The fourth-order valence-corrected chi connectivity index (χ4v) is 3.19. The van der Waals surface area contributed by atoms with E-state index in [-0.39, 0.29) is 36.0 Å². The van der Waals surface area contributed by atoms with Crippen molar-refractivity contribution in [3.05, 3.63) is 0 Å². The number of halogens is 1. The minimum Gasteiger partial charge on any atom is -0.376 e. The van der Waals surface area contributed by atoms with Crippen LogP contribution in [0.3, 0.4) is 0 Å². The molecular weight excluding hydrogens is 419 g/mol. The molecule has 0 bridgehead atoms. The van der Waals surface area contributed by atoms with Crippen molar-refractivity contribution in [2.75, 3.05) is 39.3 Å². The standard InChI is InChI=1S/C17H32N4O2.HI/c1-3-18-17(20-12-15-7-5-11-23-15)19-9-8-16(22)21-10-4-6-14(2)13-21;/h14-15H,3-13H2,1-2H3,(H2,18,19,20);1H. The van der Waals surface area contributed by atoms with Crippen LogP contribution in [0, 0.1) is 5.92 Å². The molecule has 2 aliphatic rings. The minimum absolute atomic E-state index is 0. The molecular formula is C17H33IN4O2. The van der Waals surface area contributed by atoms with Gasteiger partial charge in [-0.2, -0.15) is 0 Å². The van der Waals surface area contributed by atoms with Gasteiger partial charge < -0.3 is 20.3 Å². The molecule has 0 aromatic rings. The summed E-state index contributed by atoms with van der Waals surface area (Å²) >= 11 is 0. The highest BCUT2D eigenvalue weighted by Crippen LogP contribution is 2.16. The highest BCUT2D eigenvalue weighted by Gasteiger charge is 2.20. The van der Waals surface area contributed by atoms with E-state index in [0.717, 1.165) is 51.5 Å². The van der Waals surface area contributed by atoms with Crippen molar-refractivity contribution >= 4 is 35.8 Å². The quantitative estimate of drug-likeness (QED) is 0.368. The van der Waals surface area contributed by atoms with Gasteiger partial charge in [-0.3, -0.25) is 9.79 Å². The van der Waals surface area contributed by atoms with Crippen molar-refractivity contribution < 1.29 is 9.53 Å². The average Bonchev–Trinajstić information content (AvgIpc) is 3.06. The van der Waals surface area contributed by atoms with Crippen LogP contribution < -0.4 is 10.6 Å². The average molecular weight is 452 g/mol. The van der Waals surface area contributed by atoms with Crippen LogP contribution in [-0.4, -0.2) is 62.2 Å². The van der Waals surface area contributed by atoms with E-state index < -0.39 is 0 Å². The molecule has 0 radical (unpaired) electrons. The molecule has 7 heteroatoms. The van der Waals surface area contributed by atoms with Crippen LogP contribution in [0.2, 0.25) is 0 Å². The molecule has 0 aromatic heterocycles. The Morgan fingerprint density at radius 3 is 2.79 bits per heavy atom. The first-order chi connectivity index (χ1) is 11.2. The van der Waals surface area contributed by atoms with E-state index in [2.05, 4.69) is 22.5 Å². The van der Waals surface area contributed by atoms with Crippen LogP contribution in [0.4, 0.5) is 0 Å². The number of likely N-dealkylation sites (tertiary alicyclic amines) is 1. The number of hydrogen-bond acceptors (Lipinski definition) is 3. The van der Waals surface area contributed by atoms with Crippen LogP contribution in [0.5, 0.6) is 0 Å². The van der Waals surface area contributed by atoms with Crippen molar-refractivity contribution in [3.8, 4) is 0 Å². The summed E-state index contributed by atoms with van der Waals surface area (Å²) in [6.07, 6.45) is 5.37. The van der Waals surface area contributed by atoms with E-state index in [4.69, 9.17) is 4.74 Å². The molecule has 6 nitrogen and oxygen atoms in total. The Kier molecular flexibility index (Phi) is 10.6. The molecule has 2 heterocycles.